The number of ketones is 1. The van der Waals surface area contributed by atoms with Crippen LogP contribution in [0.5, 0.6) is 0 Å². The molecule has 1 fully saturated rings. The maximum Gasteiger partial charge on any atom is 0.326 e. The van der Waals surface area contributed by atoms with Gasteiger partial charge in [0, 0.05) is 50.5 Å². The highest BCUT2D eigenvalue weighted by molar-refractivity contribution is 5.88. The molecule has 17 nitrogen and oxygen atoms in total. The van der Waals surface area contributed by atoms with E-state index < -0.39 is 78.5 Å². The Balaban J connectivity index is 2.27. The zero-order chi connectivity index (χ0) is 45.6. The van der Waals surface area contributed by atoms with E-state index in [0.717, 1.165) is 38.5 Å². The Morgan fingerprint density at radius 2 is 0.836 bits per heavy atom. The van der Waals surface area contributed by atoms with Crippen molar-refractivity contribution in [1.29, 1.82) is 0 Å². The van der Waals surface area contributed by atoms with E-state index in [4.69, 9.17) is 5.11 Å². The average molecular weight is 867 g/mol. The minimum absolute atomic E-state index is 0.0201. The SMILES string of the molecule is CC(C)C(=O)CC[C@H](NC(=O)CC[C@H](NC(=O)CC[C@H](NC(=O)C1CCC(CNC(=O)CCCCCCCCCCCCCCCCC(=O)O)CC1)C(=O)O)C(=O)O)C(=O)O. The van der Waals surface area contributed by atoms with Crippen molar-refractivity contribution in [2.45, 2.75) is 199 Å². The molecule has 0 aromatic rings. The van der Waals surface area contributed by atoms with E-state index in [2.05, 4.69) is 21.3 Å². The van der Waals surface area contributed by atoms with Crippen LogP contribution in [0.4, 0.5) is 0 Å². The van der Waals surface area contributed by atoms with Gasteiger partial charge in [-0.3, -0.25) is 28.8 Å². The zero-order valence-corrected chi connectivity index (χ0v) is 36.5. The second-order valence-corrected chi connectivity index (χ2v) is 16.9. The summed E-state index contributed by atoms with van der Waals surface area (Å²) in [6.45, 7) is 3.86. The fourth-order valence-corrected chi connectivity index (χ4v) is 7.38. The van der Waals surface area contributed by atoms with Crippen molar-refractivity contribution in [1.82, 2.24) is 21.3 Å². The molecule has 0 spiro atoms. The Labute approximate surface area is 360 Å². The molecule has 0 aromatic carbocycles. The number of nitrogens with one attached hydrogen (secondary N) is 4. The molecule has 348 valence electrons. The van der Waals surface area contributed by atoms with Crippen LogP contribution < -0.4 is 21.3 Å². The smallest absolute Gasteiger partial charge is 0.326 e. The Morgan fingerprint density at radius 1 is 0.459 bits per heavy atom. The lowest BCUT2D eigenvalue weighted by Gasteiger charge is -2.28. The number of carboxylic acid groups (broad SMARTS) is 4. The van der Waals surface area contributed by atoms with E-state index in [1.165, 1.54) is 51.4 Å². The van der Waals surface area contributed by atoms with Gasteiger partial charge in [0.15, 0.2) is 0 Å². The van der Waals surface area contributed by atoms with E-state index in [1.807, 2.05) is 0 Å². The summed E-state index contributed by atoms with van der Waals surface area (Å²) in [7, 11) is 0. The van der Waals surface area contributed by atoms with Crippen LogP contribution >= 0.6 is 0 Å². The van der Waals surface area contributed by atoms with Crippen molar-refractivity contribution < 1.29 is 63.6 Å². The predicted octanol–water partition coefficient (Wildman–Crippen LogP) is 5.51. The molecule has 0 aromatic heterocycles. The molecule has 8 N–H and O–H groups in total. The molecule has 3 atom stereocenters. The lowest BCUT2D eigenvalue weighted by molar-refractivity contribution is -0.144. The van der Waals surface area contributed by atoms with Gasteiger partial charge in [-0.2, -0.15) is 0 Å². The third-order valence-corrected chi connectivity index (χ3v) is 11.4. The van der Waals surface area contributed by atoms with Gasteiger partial charge in [-0.15, -0.1) is 0 Å². The van der Waals surface area contributed by atoms with Gasteiger partial charge in [0.2, 0.25) is 23.6 Å². The first-order valence-electron chi connectivity index (χ1n) is 22.6. The molecule has 17 heteroatoms. The molecule has 0 bridgehead atoms. The number of hydrogen-bond donors (Lipinski definition) is 8. The molecule has 1 rings (SSSR count). The van der Waals surface area contributed by atoms with E-state index in [-0.39, 0.29) is 55.6 Å². The second-order valence-electron chi connectivity index (χ2n) is 16.9. The number of carbonyl (C=O) groups is 9. The van der Waals surface area contributed by atoms with Crippen LogP contribution in [0.25, 0.3) is 0 Å². The van der Waals surface area contributed by atoms with Gasteiger partial charge in [-0.05, 0) is 63.7 Å². The number of hydrogen-bond acceptors (Lipinski definition) is 9. The van der Waals surface area contributed by atoms with Crippen LogP contribution in [0.2, 0.25) is 0 Å². The maximum atomic E-state index is 13.0. The fraction of sp³-hybridized carbons (Fsp3) is 0.795. The van der Waals surface area contributed by atoms with Crippen LogP contribution in [-0.4, -0.2) is 98.4 Å². The van der Waals surface area contributed by atoms with Crippen molar-refractivity contribution in [3.05, 3.63) is 0 Å². The Bertz CT molecular complexity index is 1400. The molecule has 0 radical (unpaired) electrons. The number of aliphatic carboxylic acids is 4. The third kappa shape index (κ3) is 27.1. The molecular formula is C44H74N4O13. The second kappa shape index (κ2) is 32.2. The van der Waals surface area contributed by atoms with Gasteiger partial charge in [-0.25, -0.2) is 14.4 Å². The number of rotatable bonds is 36. The van der Waals surface area contributed by atoms with Crippen molar-refractivity contribution in [3.63, 3.8) is 0 Å². The van der Waals surface area contributed by atoms with Crippen molar-refractivity contribution >= 4 is 53.3 Å². The van der Waals surface area contributed by atoms with Crippen LogP contribution in [0, 0.1) is 17.8 Å². The van der Waals surface area contributed by atoms with Crippen molar-refractivity contribution in [2.24, 2.45) is 17.8 Å². The highest BCUT2D eigenvalue weighted by Crippen LogP contribution is 2.29. The average Bonchev–Trinajstić information content (AvgIpc) is 3.20. The highest BCUT2D eigenvalue weighted by atomic mass is 16.4. The molecule has 61 heavy (non-hydrogen) atoms. The Kier molecular flexibility index (Phi) is 28.7. The van der Waals surface area contributed by atoms with Crippen molar-refractivity contribution in [2.75, 3.05) is 6.54 Å². The quantitative estimate of drug-likeness (QED) is 0.0361. The topological polar surface area (TPSA) is 283 Å². The number of amides is 4. The summed E-state index contributed by atoms with van der Waals surface area (Å²) < 4.78 is 0. The minimum atomic E-state index is -1.52. The fourth-order valence-electron chi connectivity index (χ4n) is 7.38. The molecular weight excluding hydrogens is 792 g/mol. The normalized spacial score (nSPS) is 16.4. The lowest BCUT2D eigenvalue weighted by atomic mass is 9.81. The Hall–Kier alpha value is -4.57. The third-order valence-electron chi connectivity index (χ3n) is 11.4. The van der Waals surface area contributed by atoms with Crippen LogP contribution in [0.15, 0.2) is 0 Å². The first-order valence-corrected chi connectivity index (χ1v) is 22.6. The first-order chi connectivity index (χ1) is 29.0. The molecule has 0 aliphatic heterocycles. The molecule has 0 saturated heterocycles. The largest absolute Gasteiger partial charge is 0.481 e. The van der Waals surface area contributed by atoms with Gasteiger partial charge < -0.3 is 41.7 Å². The standard InChI is InChI=1S/C44H74N4O13/c1-30(2)36(49)26-23-33(42(56)57)46-38(51)27-24-34(43(58)59)47-39(52)28-25-35(44(60)61)48-41(55)32-21-19-31(20-22-32)29-45-37(50)17-15-13-11-9-7-5-3-4-6-8-10-12-14-16-18-40(53)54/h30-35H,3-29H2,1-2H3,(H,45,50)(H,46,51)(H,47,52)(H,48,55)(H,53,54)(H,56,57)(H,58,59)(H,60,61)/t31?,32?,33-,34-,35-/m0/s1. The van der Waals surface area contributed by atoms with E-state index in [0.29, 0.717) is 38.6 Å². The summed E-state index contributed by atoms with van der Waals surface area (Å²) in [4.78, 5) is 108. The van der Waals surface area contributed by atoms with Crippen LogP contribution in [0.3, 0.4) is 0 Å². The lowest BCUT2D eigenvalue weighted by Crippen LogP contribution is -2.46. The highest BCUT2D eigenvalue weighted by Gasteiger charge is 2.31. The van der Waals surface area contributed by atoms with E-state index in [1.54, 1.807) is 13.8 Å². The summed E-state index contributed by atoms with van der Waals surface area (Å²) in [5.74, 6) is -7.55. The van der Waals surface area contributed by atoms with Gasteiger partial charge in [0.05, 0.1) is 0 Å². The summed E-state index contributed by atoms with van der Waals surface area (Å²) >= 11 is 0. The first kappa shape index (κ1) is 54.4. The zero-order valence-electron chi connectivity index (χ0n) is 36.5. The summed E-state index contributed by atoms with van der Waals surface area (Å²) in [5.41, 5.74) is 0. The van der Waals surface area contributed by atoms with Crippen LogP contribution in [-0.2, 0) is 43.2 Å². The van der Waals surface area contributed by atoms with Gasteiger partial charge in [-0.1, -0.05) is 90.9 Å². The predicted molar refractivity (Wildman–Crippen MR) is 226 cm³/mol. The number of carboxylic acids is 4. The van der Waals surface area contributed by atoms with Gasteiger partial charge in [0.25, 0.3) is 0 Å². The molecule has 4 amide bonds. The van der Waals surface area contributed by atoms with Gasteiger partial charge >= 0.3 is 23.9 Å². The number of carbonyl (C=O) groups excluding carboxylic acids is 5. The van der Waals surface area contributed by atoms with Crippen LogP contribution in [0.1, 0.15) is 181 Å². The Morgan fingerprint density at radius 3 is 1.23 bits per heavy atom. The minimum Gasteiger partial charge on any atom is -0.481 e. The summed E-state index contributed by atoms with van der Waals surface area (Å²) in [6, 6.07) is -4.26. The molecule has 1 aliphatic carbocycles. The van der Waals surface area contributed by atoms with E-state index >= 15 is 0 Å². The van der Waals surface area contributed by atoms with Crippen molar-refractivity contribution in [3.8, 4) is 0 Å². The van der Waals surface area contributed by atoms with Gasteiger partial charge in [0.1, 0.15) is 23.9 Å². The van der Waals surface area contributed by atoms with E-state index in [9.17, 15) is 58.5 Å². The molecule has 0 unspecified atom stereocenters. The summed E-state index contributed by atoms with van der Waals surface area (Å²) in [6.07, 6.45) is 17.1. The molecule has 0 heterocycles. The maximum absolute atomic E-state index is 13.0. The molecule has 1 saturated carbocycles. The number of Topliss-reactive ketones (excluding diaryl/α,β-unsaturated/α-hetero) is 1. The monoisotopic (exact) mass is 867 g/mol. The summed E-state index contributed by atoms with van der Waals surface area (Å²) in [5, 5.41) is 47.4. The molecule has 1 aliphatic rings. The number of unbranched alkanes of at least 4 members (excludes halogenated alkanes) is 13.